The van der Waals surface area contributed by atoms with E-state index in [-0.39, 0.29) is 11.1 Å². The fraction of sp³-hybridized carbons (Fsp3) is 0.0588. The minimum absolute atomic E-state index is 0.134. The van der Waals surface area contributed by atoms with Crippen molar-refractivity contribution in [3.8, 4) is 27.8 Å². The predicted octanol–water partition coefficient (Wildman–Crippen LogP) is 4.71. The molecule has 3 aromatic rings. The van der Waals surface area contributed by atoms with Gasteiger partial charge in [-0.3, -0.25) is 4.79 Å². The van der Waals surface area contributed by atoms with Crippen LogP contribution in [0.15, 0.2) is 51.7 Å². The Morgan fingerprint density at radius 2 is 2.05 bits per heavy atom. The molecule has 0 aliphatic rings. The fourth-order valence-electron chi connectivity index (χ4n) is 2.27. The zero-order valence-electron chi connectivity index (χ0n) is 11.7. The molecule has 3 rings (SSSR count). The monoisotopic (exact) mass is 370 g/mol. The number of hydrogen-bond acceptors (Lipinski definition) is 3. The molecule has 3 nitrogen and oxygen atoms in total. The normalized spacial score (nSPS) is 10.4. The Balaban J connectivity index is 2.26. The maximum absolute atomic E-state index is 12.2. The lowest BCUT2D eigenvalue weighted by Gasteiger charge is -2.07. The van der Waals surface area contributed by atoms with Crippen LogP contribution in [0.5, 0.6) is 0 Å². The van der Waals surface area contributed by atoms with Crippen LogP contribution in [-0.2, 0) is 0 Å². The van der Waals surface area contributed by atoms with Gasteiger partial charge in [-0.15, -0.1) is 11.3 Å². The summed E-state index contributed by atoms with van der Waals surface area (Å²) < 4.78 is 0.905. The molecule has 0 saturated carbocycles. The summed E-state index contributed by atoms with van der Waals surface area (Å²) in [6.07, 6.45) is 0. The Labute approximate surface area is 140 Å². The first kappa shape index (κ1) is 14.8. The van der Waals surface area contributed by atoms with Crippen molar-refractivity contribution >= 4 is 27.3 Å². The Kier molecular flexibility index (Phi) is 3.97. The first-order valence-corrected chi connectivity index (χ1v) is 8.19. The number of aryl methyl sites for hydroxylation is 1. The highest BCUT2D eigenvalue weighted by Crippen LogP contribution is 2.30. The quantitative estimate of drug-likeness (QED) is 0.709. The third-order valence-electron chi connectivity index (χ3n) is 3.29. The molecule has 22 heavy (non-hydrogen) atoms. The molecule has 0 unspecified atom stereocenters. The average Bonchev–Trinajstić information content (AvgIpc) is 2.93. The van der Waals surface area contributed by atoms with E-state index < -0.39 is 0 Å². The molecular formula is C17H11BrN2OS. The molecule has 0 atom stereocenters. The summed E-state index contributed by atoms with van der Waals surface area (Å²) in [6, 6.07) is 15.5. The van der Waals surface area contributed by atoms with Crippen molar-refractivity contribution in [2.75, 3.05) is 0 Å². The summed E-state index contributed by atoms with van der Waals surface area (Å²) in [5, 5.41) is 9.32. The first-order chi connectivity index (χ1) is 10.6. The van der Waals surface area contributed by atoms with Crippen molar-refractivity contribution in [1.29, 1.82) is 5.26 Å². The number of nitriles is 1. The van der Waals surface area contributed by atoms with Gasteiger partial charge in [-0.25, -0.2) is 0 Å². The number of thiophene rings is 1. The maximum atomic E-state index is 12.2. The Bertz CT molecular complexity index is 950. The van der Waals surface area contributed by atoms with E-state index in [9.17, 15) is 10.1 Å². The zero-order valence-corrected chi connectivity index (χ0v) is 14.1. The lowest BCUT2D eigenvalue weighted by atomic mass is 10.0. The summed E-state index contributed by atoms with van der Waals surface area (Å²) in [6.45, 7) is 2.02. The second kappa shape index (κ2) is 5.91. The zero-order chi connectivity index (χ0) is 15.7. The summed E-state index contributed by atoms with van der Waals surface area (Å²) in [7, 11) is 0. The molecule has 5 heteroatoms. The molecule has 0 spiro atoms. The van der Waals surface area contributed by atoms with E-state index in [1.54, 1.807) is 11.3 Å². The van der Waals surface area contributed by atoms with Gasteiger partial charge in [0.2, 0.25) is 0 Å². The molecule has 0 bridgehead atoms. The predicted molar refractivity (Wildman–Crippen MR) is 93.0 cm³/mol. The van der Waals surface area contributed by atoms with Crippen molar-refractivity contribution < 1.29 is 0 Å². The second-order valence-corrected chi connectivity index (χ2v) is 7.04. The smallest absolute Gasteiger partial charge is 0.266 e. The van der Waals surface area contributed by atoms with Gasteiger partial charge in [0.1, 0.15) is 11.6 Å². The molecule has 2 aromatic heterocycles. The van der Waals surface area contributed by atoms with Crippen molar-refractivity contribution in [3.63, 3.8) is 0 Å². The van der Waals surface area contributed by atoms with E-state index in [1.165, 1.54) is 4.88 Å². The first-order valence-electron chi connectivity index (χ1n) is 6.58. The second-order valence-electron chi connectivity index (χ2n) is 4.83. The Hall–Kier alpha value is -2.16. The van der Waals surface area contributed by atoms with E-state index >= 15 is 0 Å². The molecular weight excluding hydrogens is 360 g/mol. The van der Waals surface area contributed by atoms with Crippen LogP contribution in [0.1, 0.15) is 10.4 Å². The number of pyridine rings is 1. The number of H-pyrrole nitrogens is 1. The highest BCUT2D eigenvalue weighted by atomic mass is 79.9. The fourth-order valence-corrected chi connectivity index (χ4v) is 3.50. The van der Waals surface area contributed by atoms with Crippen molar-refractivity contribution in [2.24, 2.45) is 0 Å². The number of aromatic amines is 1. The summed E-state index contributed by atoms with van der Waals surface area (Å²) in [4.78, 5) is 17.2. The number of halogens is 1. The minimum Gasteiger partial charge on any atom is -0.320 e. The van der Waals surface area contributed by atoms with Crippen LogP contribution >= 0.6 is 27.3 Å². The van der Waals surface area contributed by atoms with Crippen LogP contribution in [0.2, 0.25) is 0 Å². The molecule has 0 radical (unpaired) electrons. The van der Waals surface area contributed by atoms with Crippen molar-refractivity contribution in [2.45, 2.75) is 6.92 Å². The molecule has 0 amide bonds. The number of benzene rings is 1. The highest BCUT2D eigenvalue weighted by Gasteiger charge is 2.13. The number of nitrogens with one attached hydrogen (secondary N) is 1. The third-order valence-corrected chi connectivity index (χ3v) is 4.81. The Morgan fingerprint density at radius 1 is 1.23 bits per heavy atom. The summed E-state index contributed by atoms with van der Waals surface area (Å²) >= 11 is 5.03. The minimum atomic E-state index is -0.360. The molecule has 1 N–H and O–H groups in total. The van der Waals surface area contributed by atoms with Crippen LogP contribution in [0, 0.1) is 18.3 Å². The largest absolute Gasteiger partial charge is 0.320 e. The van der Waals surface area contributed by atoms with E-state index in [1.807, 2.05) is 55.5 Å². The lowest BCUT2D eigenvalue weighted by molar-refractivity contribution is 1.22. The van der Waals surface area contributed by atoms with Crippen LogP contribution in [0.25, 0.3) is 21.7 Å². The SMILES string of the molecule is Cc1ccc(-c2cc(-c3cccc(Br)c3)c(C#N)c(=O)[nH]2)s1. The van der Waals surface area contributed by atoms with Gasteiger partial charge in [0.25, 0.3) is 5.56 Å². The highest BCUT2D eigenvalue weighted by molar-refractivity contribution is 9.10. The lowest BCUT2D eigenvalue weighted by Crippen LogP contribution is -2.12. The van der Waals surface area contributed by atoms with E-state index in [0.717, 1.165) is 20.6 Å². The average molecular weight is 371 g/mol. The van der Waals surface area contributed by atoms with Crippen LogP contribution in [0.3, 0.4) is 0 Å². The van der Waals surface area contributed by atoms with Gasteiger partial charge in [0, 0.05) is 14.9 Å². The van der Waals surface area contributed by atoms with Crippen LogP contribution < -0.4 is 5.56 Å². The van der Waals surface area contributed by atoms with Crippen molar-refractivity contribution in [1.82, 2.24) is 4.98 Å². The molecule has 0 fully saturated rings. The molecule has 2 heterocycles. The van der Waals surface area contributed by atoms with Gasteiger partial charge in [-0.05, 0) is 42.8 Å². The molecule has 0 aliphatic carbocycles. The number of nitrogens with zero attached hydrogens (tertiary/aromatic N) is 1. The summed E-state index contributed by atoms with van der Waals surface area (Å²) in [5.41, 5.74) is 1.99. The van der Waals surface area contributed by atoms with Crippen LogP contribution in [0.4, 0.5) is 0 Å². The molecule has 1 aromatic carbocycles. The van der Waals surface area contributed by atoms with Gasteiger partial charge in [0.05, 0.1) is 10.6 Å². The van der Waals surface area contributed by atoms with Gasteiger partial charge in [-0.1, -0.05) is 28.1 Å². The molecule has 108 valence electrons. The van der Waals surface area contributed by atoms with E-state index in [4.69, 9.17) is 0 Å². The van der Waals surface area contributed by atoms with E-state index in [2.05, 4.69) is 20.9 Å². The summed E-state index contributed by atoms with van der Waals surface area (Å²) in [5.74, 6) is 0. The van der Waals surface area contributed by atoms with Crippen LogP contribution in [-0.4, -0.2) is 4.98 Å². The molecule has 0 aliphatic heterocycles. The number of hydrogen-bond donors (Lipinski definition) is 1. The van der Waals surface area contributed by atoms with E-state index in [0.29, 0.717) is 5.56 Å². The Morgan fingerprint density at radius 3 is 2.68 bits per heavy atom. The van der Waals surface area contributed by atoms with Gasteiger partial charge in [-0.2, -0.15) is 5.26 Å². The standard InChI is InChI=1S/C17H11BrN2OS/c1-10-5-6-16(22-10)15-8-13(14(9-19)17(21)20-15)11-3-2-4-12(18)7-11/h2-8H,1H3,(H,20,21). The van der Waals surface area contributed by atoms with Gasteiger partial charge in [0.15, 0.2) is 0 Å². The molecule has 0 saturated heterocycles. The van der Waals surface area contributed by atoms with Gasteiger partial charge >= 0.3 is 0 Å². The van der Waals surface area contributed by atoms with Crippen molar-refractivity contribution in [3.05, 3.63) is 67.7 Å². The number of rotatable bonds is 2. The number of aromatic nitrogens is 1. The van der Waals surface area contributed by atoms with Gasteiger partial charge < -0.3 is 4.98 Å². The maximum Gasteiger partial charge on any atom is 0.266 e. The third kappa shape index (κ3) is 2.76. The topological polar surface area (TPSA) is 56.6 Å².